The summed E-state index contributed by atoms with van der Waals surface area (Å²) in [6.45, 7) is -0.173. The molecule has 0 spiro atoms. The van der Waals surface area contributed by atoms with Crippen molar-refractivity contribution in [3.05, 3.63) is 59.7 Å². The summed E-state index contributed by atoms with van der Waals surface area (Å²) in [5.74, 6) is -1.55. The van der Waals surface area contributed by atoms with E-state index in [2.05, 4.69) is 0 Å². The first kappa shape index (κ1) is 21.2. The Morgan fingerprint density at radius 2 is 1.04 bits per heavy atom. The van der Waals surface area contributed by atoms with Crippen LogP contribution in [0.3, 0.4) is 0 Å². The summed E-state index contributed by atoms with van der Waals surface area (Å²) in [5.41, 5.74) is 1.35. The second kappa shape index (κ2) is 10.3. The van der Waals surface area contributed by atoms with Crippen LogP contribution in [-0.2, 0) is 32.3 Å². The van der Waals surface area contributed by atoms with Crippen molar-refractivity contribution in [1.82, 2.24) is 0 Å². The summed E-state index contributed by atoms with van der Waals surface area (Å²) in [7, 11) is 3.06. The maximum Gasteiger partial charge on any atom is 0.336 e. The van der Waals surface area contributed by atoms with E-state index in [1.54, 1.807) is 48.5 Å². The molecule has 8 nitrogen and oxygen atoms in total. The zero-order chi connectivity index (χ0) is 20.5. The monoisotopic (exact) mass is 390 g/mol. The van der Waals surface area contributed by atoms with Crippen molar-refractivity contribution in [3.8, 4) is 11.5 Å². The number of carboxylic acid groups (broad SMARTS) is 2. The number of carboxylic acids is 2. The second-order valence-electron chi connectivity index (χ2n) is 5.84. The summed E-state index contributed by atoms with van der Waals surface area (Å²) in [6, 6.07) is 13.6. The Morgan fingerprint density at radius 1 is 0.714 bits per heavy atom. The van der Waals surface area contributed by atoms with Crippen LogP contribution in [0.15, 0.2) is 48.5 Å². The lowest BCUT2D eigenvalue weighted by atomic mass is 10.1. The number of hydrogen-bond acceptors (Lipinski definition) is 6. The molecule has 2 rings (SSSR count). The lowest BCUT2D eigenvalue weighted by Crippen LogP contribution is -2.43. The molecule has 0 aliphatic rings. The van der Waals surface area contributed by atoms with Gasteiger partial charge in [0.05, 0.1) is 27.4 Å². The van der Waals surface area contributed by atoms with Crippen molar-refractivity contribution in [3.63, 3.8) is 0 Å². The van der Waals surface area contributed by atoms with Crippen LogP contribution in [0.25, 0.3) is 0 Å². The number of methoxy groups -OCH3 is 2. The lowest BCUT2D eigenvalue weighted by Gasteiger charge is -2.21. The van der Waals surface area contributed by atoms with Gasteiger partial charge in [0.1, 0.15) is 11.5 Å². The van der Waals surface area contributed by atoms with Gasteiger partial charge in [-0.15, -0.1) is 0 Å². The molecule has 2 atom stereocenters. The minimum absolute atomic E-state index is 0.0867. The number of rotatable bonds is 11. The van der Waals surface area contributed by atoms with Crippen LogP contribution >= 0.6 is 0 Å². The smallest absolute Gasteiger partial charge is 0.336 e. The number of carbonyl (C=O) groups is 2. The standard InChI is InChI=1S/C20H22O8/c1-25-15-7-3-13(4-8-15)11-27-17(19(21)22)18(20(23)24)28-12-14-5-9-16(26-2)10-6-14/h3-10,17-18H,11-12H2,1-2H3,(H,21,22)(H,23,24). The van der Waals surface area contributed by atoms with Crippen LogP contribution in [0.5, 0.6) is 11.5 Å². The zero-order valence-corrected chi connectivity index (χ0v) is 15.5. The van der Waals surface area contributed by atoms with E-state index in [0.29, 0.717) is 22.6 Å². The van der Waals surface area contributed by atoms with Crippen molar-refractivity contribution < 1.29 is 38.7 Å². The average Bonchev–Trinajstić information content (AvgIpc) is 2.70. The van der Waals surface area contributed by atoms with Crippen LogP contribution in [0, 0.1) is 0 Å². The molecule has 0 saturated heterocycles. The SMILES string of the molecule is COc1ccc(COC(C(=O)O)C(OCc2ccc(OC)cc2)C(=O)O)cc1. The van der Waals surface area contributed by atoms with E-state index in [0.717, 1.165) is 0 Å². The van der Waals surface area contributed by atoms with Crippen LogP contribution in [0.1, 0.15) is 11.1 Å². The second-order valence-corrected chi connectivity index (χ2v) is 5.84. The Morgan fingerprint density at radius 3 is 1.29 bits per heavy atom. The largest absolute Gasteiger partial charge is 0.497 e. The number of aliphatic carboxylic acids is 2. The van der Waals surface area contributed by atoms with E-state index in [9.17, 15) is 19.8 Å². The van der Waals surface area contributed by atoms with Gasteiger partial charge in [-0.2, -0.15) is 0 Å². The molecule has 2 aromatic rings. The Hall–Kier alpha value is -3.10. The molecule has 0 saturated carbocycles. The predicted molar refractivity (Wildman–Crippen MR) is 98.4 cm³/mol. The van der Waals surface area contributed by atoms with Crippen LogP contribution in [0.2, 0.25) is 0 Å². The van der Waals surface area contributed by atoms with Crippen LogP contribution in [-0.4, -0.2) is 48.6 Å². The van der Waals surface area contributed by atoms with Crippen molar-refractivity contribution in [2.45, 2.75) is 25.4 Å². The van der Waals surface area contributed by atoms with Gasteiger partial charge in [-0.3, -0.25) is 0 Å². The topological polar surface area (TPSA) is 112 Å². The first-order chi connectivity index (χ1) is 13.4. The molecule has 0 aliphatic carbocycles. The van der Waals surface area contributed by atoms with Gasteiger partial charge in [0.25, 0.3) is 0 Å². The maximum atomic E-state index is 11.6. The lowest BCUT2D eigenvalue weighted by molar-refractivity contribution is -0.179. The molecule has 2 N–H and O–H groups in total. The minimum atomic E-state index is -1.67. The zero-order valence-electron chi connectivity index (χ0n) is 15.5. The first-order valence-electron chi connectivity index (χ1n) is 8.39. The summed E-state index contributed by atoms with van der Waals surface area (Å²) in [4.78, 5) is 23.1. The highest BCUT2D eigenvalue weighted by Crippen LogP contribution is 2.17. The third kappa shape index (κ3) is 5.97. The Balaban J connectivity index is 2.03. The molecule has 0 radical (unpaired) electrons. The molecular weight excluding hydrogens is 368 g/mol. The molecular formula is C20H22O8. The molecule has 0 bridgehead atoms. The summed E-state index contributed by atoms with van der Waals surface area (Å²) in [5, 5.41) is 18.8. The summed E-state index contributed by atoms with van der Waals surface area (Å²) < 4.78 is 20.8. The van der Waals surface area contributed by atoms with Gasteiger partial charge in [-0.25, -0.2) is 9.59 Å². The van der Waals surface area contributed by atoms with Gasteiger partial charge >= 0.3 is 11.9 Å². The quantitative estimate of drug-likeness (QED) is 0.601. The van der Waals surface area contributed by atoms with Gasteiger partial charge in [-0.05, 0) is 35.4 Å². The van der Waals surface area contributed by atoms with E-state index in [1.807, 2.05) is 0 Å². The predicted octanol–water partition coefficient (Wildman–Crippen LogP) is 2.34. The van der Waals surface area contributed by atoms with Crippen molar-refractivity contribution in [2.24, 2.45) is 0 Å². The Kier molecular flexibility index (Phi) is 7.79. The first-order valence-corrected chi connectivity index (χ1v) is 8.39. The highest BCUT2D eigenvalue weighted by atomic mass is 16.6. The average molecular weight is 390 g/mol. The van der Waals surface area contributed by atoms with Gasteiger partial charge in [0.15, 0.2) is 12.2 Å². The Labute approximate surface area is 162 Å². The minimum Gasteiger partial charge on any atom is -0.497 e. The highest BCUT2D eigenvalue weighted by molar-refractivity contribution is 5.83. The third-order valence-corrected chi connectivity index (χ3v) is 3.94. The molecule has 0 amide bonds. The van der Waals surface area contributed by atoms with E-state index in [4.69, 9.17) is 18.9 Å². The number of benzene rings is 2. The van der Waals surface area contributed by atoms with E-state index in [1.165, 1.54) is 14.2 Å². The Bertz CT molecular complexity index is 702. The van der Waals surface area contributed by atoms with Gasteiger partial charge < -0.3 is 29.2 Å². The number of ether oxygens (including phenoxy) is 4. The van der Waals surface area contributed by atoms with Gasteiger partial charge in [-0.1, -0.05) is 24.3 Å². The fourth-order valence-electron chi connectivity index (χ4n) is 2.39. The number of hydrogen-bond donors (Lipinski definition) is 2. The van der Waals surface area contributed by atoms with Crippen molar-refractivity contribution in [1.29, 1.82) is 0 Å². The molecule has 0 heterocycles. The van der Waals surface area contributed by atoms with Gasteiger partial charge in [0, 0.05) is 0 Å². The third-order valence-electron chi connectivity index (χ3n) is 3.94. The fourth-order valence-corrected chi connectivity index (χ4v) is 2.39. The molecule has 28 heavy (non-hydrogen) atoms. The molecule has 2 unspecified atom stereocenters. The molecule has 0 fully saturated rings. The molecule has 8 heteroatoms. The van der Waals surface area contributed by atoms with E-state index in [-0.39, 0.29) is 13.2 Å². The molecule has 0 aliphatic heterocycles. The highest BCUT2D eigenvalue weighted by Gasteiger charge is 2.36. The normalized spacial score (nSPS) is 12.8. The van der Waals surface area contributed by atoms with E-state index < -0.39 is 24.1 Å². The fraction of sp³-hybridized carbons (Fsp3) is 0.300. The molecule has 150 valence electrons. The molecule has 0 aromatic heterocycles. The van der Waals surface area contributed by atoms with Crippen LogP contribution in [0.4, 0.5) is 0 Å². The molecule has 2 aromatic carbocycles. The maximum absolute atomic E-state index is 11.6. The summed E-state index contributed by atoms with van der Waals surface area (Å²) in [6.07, 6.45) is -3.34. The van der Waals surface area contributed by atoms with E-state index >= 15 is 0 Å². The van der Waals surface area contributed by atoms with Crippen molar-refractivity contribution in [2.75, 3.05) is 14.2 Å². The summed E-state index contributed by atoms with van der Waals surface area (Å²) >= 11 is 0. The van der Waals surface area contributed by atoms with Crippen molar-refractivity contribution >= 4 is 11.9 Å². The van der Waals surface area contributed by atoms with Crippen LogP contribution < -0.4 is 9.47 Å². The van der Waals surface area contributed by atoms with Gasteiger partial charge in [0.2, 0.25) is 0 Å².